The van der Waals surface area contributed by atoms with Crippen molar-refractivity contribution in [3.05, 3.63) is 28.3 Å². The molecule has 0 amide bonds. The van der Waals surface area contributed by atoms with Gasteiger partial charge in [0, 0.05) is 32.9 Å². The molecule has 96 valence electrons. The highest BCUT2D eigenvalue weighted by atomic mass is 16.1. The van der Waals surface area contributed by atoms with Gasteiger partial charge < -0.3 is 9.47 Å². The summed E-state index contributed by atoms with van der Waals surface area (Å²) in [4.78, 5) is 32.0. The second-order valence-electron chi connectivity index (χ2n) is 4.07. The molecule has 0 aliphatic rings. The van der Waals surface area contributed by atoms with Crippen molar-refractivity contribution in [2.45, 2.75) is 6.92 Å². The number of hydrogen-bond acceptors (Lipinski definition) is 4. The van der Waals surface area contributed by atoms with E-state index in [1.165, 1.54) is 17.6 Å². The number of nitrogens with zero attached hydrogens (tertiary/aromatic N) is 4. The van der Waals surface area contributed by atoms with Crippen LogP contribution in [-0.4, -0.2) is 40.7 Å². The number of aromatic nitrogens is 2. The third-order valence-corrected chi connectivity index (χ3v) is 2.00. The van der Waals surface area contributed by atoms with Gasteiger partial charge in [-0.2, -0.15) is 4.98 Å². The third kappa shape index (κ3) is 3.97. The zero-order chi connectivity index (χ0) is 13.7. The lowest BCUT2D eigenvalue weighted by molar-refractivity contribution is -0.112. The fourth-order valence-electron chi connectivity index (χ4n) is 1.15. The van der Waals surface area contributed by atoms with E-state index in [-0.39, 0.29) is 11.5 Å². The van der Waals surface area contributed by atoms with Crippen molar-refractivity contribution in [2.24, 2.45) is 12.0 Å². The van der Waals surface area contributed by atoms with Crippen molar-refractivity contribution in [3.63, 3.8) is 0 Å². The van der Waals surface area contributed by atoms with E-state index in [0.29, 0.717) is 11.4 Å². The molecule has 0 N–H and O–H groups in total. The van der Waals surface area contributed by atoms with Crippen LogP contribution in [0.2, 0.25) is 0 Å². The van der Waals surface area contributed by atoms with E-state index in [9.17, 15) is 9.59 Å². The molecule has 0 unspecified atom stereocenters. The minimum atomic E-state index is -0.388. The quantitative estimate of drug-likeness (QED) is 0.444. The second-order valence-corrected chi connectivity index (χ2v) is 4.07. The van der Waals surface area contributed by atoms with Crippen LogP contribution in [0.3, 0.4) is 0 Å². The molecule has 6 heteroatoms. The van der Waals surface area contributed by atoms with E-state index >= 15 is 0 Å². The molecule has 0 aromatic carbocycles. The van der Waals surface area contributed by atoms with Crippen LogP contribution < -0.4 is 5.69 Å². The van der Waals surface area contributed by atoms with Gasteiger partial charge in [0.05, 0.1) is 6.34 Å². The van der Waals surface area contributed by atoms with E-state index < -0.39 is 0 Å². The molecule has 1 heterocycles. The SMILES string of the molecule is CC(=O)/C=C/c1cn(C)c(=O)nc1N=CN(C)C. The average molecular weight is 248 g/mol. The van der Waals surface area contributed by atoms with Crippen LogP contribution >= 0.6 is 0 Å². The molecule has 0 spiro atoms. The van der Waals surface area contributed by atoms with Gasteiger partial charge in [0.2, 0.25) is 0 Å². The summed E-state index contributed by atoms with van der Waals surface area (Å²) in [5, 5.41) is 0. The van der Waals surface area contributed by atoms with Crippen LogP contribution in [0, 0.1) is 0 Å². The standard InChI is InChI=1S/C12H16N4O2/c1-9(17)5-6-10-7-16(4)12(18)14-11(10)13-8-15(2)3/h5-8H,1-4H3/b6-5+,13-8?. The Morgan fingerprint density at radius 2 is 2.17 bits per heavy atom. The summed E-state index contributed by atoms with van der Waals surface area (Å²) < 4.78 is 1.34. The number of allylic oxidation sites excluding steroid dienone is 1. The molecule has 0 aliphatic carbocycles. The third-order valence-electron chi connectivity index (χ3n) is 2.00. The molecule has 6 nitrogen and oxygen atoms in total. The number of ketones is 1. The number of carbonyl (C=O) groups is 1. The normalized spacial score (nSPS) is 11.3. The van der Waals surface area contributed by atoms with Crippen molar-refractivity contribution in [2.75, 3.05) is 14.1 Å². The van der Waals surface area contributed by atoms with Crippen molar-refractivity contribution in [1.82, 2.24) is 14.5 Å². The largest absolute Gasteiger partial charge is 0.369 e. The first-order valence-electron chi connectivity index (χ1n) is 5.37. The Morgan fingerprint density at radius 1 is 1.50 bits per heavy atom. The number of hydrogen-bond donors (Lipinski definition) is 0. The molecule has 0 atom stereocenters. The van der Waals surface area contributed by atoms with Gasteiger partial charge in [-0.1, -0.05) is 0 Å². The first kappa shape index (κ1) is 13.8. The van der Waals surface area contributed by atoms with Crippen LogP contribution in [0.25, 0.3) is 6.08 Å². The van der Waals surface area contributed by atoms with Crippen LogP contribution in [-0.2, 0) is 11.8 Å². The lowest BCUT2D eigenvalue weighted by Crippen LogP contribution is -2.19. The van der Waals surface area contributed by atoms with E-state index in [0.717, 1.165) is 0 Å². The molecule has 0 saturated heterocycles. The van der Waals surface area contributed by atoms with Crippen molar-refractivity contribution < 1.29 is 4.79 Å². The Bertz CT molecular complexity index is 556. The van der Waals surface area contributed by atoms with Gasteiger partial charge in [0.15, 0.2) is 11.6 Å². The molecule has 1 aromatic heterocycles. The van der Waals surface area contributed by atoms with E-state index in [1.54, 1.807) is 30.6 Å². The van der Waals surface area contributed by atoms with Gasteiger partial charge >= 0.3 is 5.69 Å². The maximum atomic E-state index is 11.4. The van der Waals surface area contributed by atoms with Gasteiger partial charge in [-0.3, -0.25) is 4.79 Å². The lowest BCUT2D eigenvalue weighted by Gasteiger charge is -2.05. The van der Waals surface area contributed by atoms with Crippen LogP contribution in [0.15, 0.2) is 22.1 Å². The Hall–Kier alpha value is -2.24. The summed E-state index contributed by atoms with van der Waals surface area (Å²) >= 11 is 0. The Labute approximate surface area is 105 Å². The predicted octanol–water partition coefficient (Wildman–Crippen LogP) is 0.604. The van der Waals surface area contributed by atoms with E-state index in [4.69, 9.17) is 0 Å². The average Bonchev–Trinajstić information content (AvgIpc) is 2.28. The highest BCUT2D eigenvalue weighted by Crippen LogP contribution is 2.14. The van der Waals surface area contributed by atoms with Crippen molar-refractivity contribution in [3.8, 4) is 0 Å². The van der Waals surface area contributed by atoms with Gasteiger partial charge in [0.25, 0.3) is 0 Å². The Balaban J connectivity index is 3.25. The summed E-state index contributed by atoms with van der Waals surface area (Å²) in [5.41, 5.74) is 0.228. The van der Waals surface area contributed by atoms with Gasteiger partial charge in [0.1, 0.15) is 0 Å². The van der Waals surface area contributed by atoms with Gasteiger partial charge in [-0.25, -0.2) is 9.79 Å². The monoisotopic (exact) mass is 248 g/mol. The summed E-state index contributed by atoms with van der Waals surface area (Å²) in [6, 6.07) is 0. The maximum absolute atomic E-state index is 11.4. The number of rotatable bonds is 4. The van der Waals surface area contributed by atoms with Crippen LogP contribution in [0.1, 0.15) is 12.5 Å². The van der Waals surface area contributed by atoms with Gasteiger partial charge in [-0.15, -0.1) is 0 Å². The minimum Gasteiger partial charge on any atom is -0.369 e. The summed E-state index contributed by atoms with van der Waals surface area (Å²) in [6.45, 7) is 1.45. The molecule has 0 saturated carbocycles. The van der Waals surface area contributed by atoms with E-state index in [1.807, 2.05) is 14.1 Å². The molecule has 0 radical (unpaired) electrons. The first-order valence-corrected chi connectivity index (χ1v) is 5.37. The number of aryl methyl sites for hydroxylation is 1. The molecule has 18 heavy (non-hydrogen) atoms. The smallest absolute Gasteiger partial charge is 0.349 e. The second kappa shape index (κ2) is 5.90. The minimum absolute atomic E-state index is 0.0774. The highest BCUT2D eigenvalue weighted by molar-refractivity contribution is 5.92. The van der Waals surface area contributed by atoms with Crippen LogP contribution in [0.5, 0.6) is 0 Å². The molecule has 0 fully saturated rings. The molecule has 0 aliphatic heterocycles. The summed E-state index contributed by atoms with van der Waals surface area (Å²) in [6.07, 6.45) is 6.15. The van der Waals surface area contributed by atoms with Crippen LogP contribution in [0.4, 0.5) is 5.82 Å². The predicted molar refractivity (Wildman–Crippen MR) is 71.0 cm³/mol. The lowest BCUT2D eigenvalue weighted by atomic mass is 10.2. The summed E-state index contributed by atoms with van der Waals surface area (Å²) in [5.74, 6) is 0.218. The zero-order valence-electron chi connectivity index (χ0n) is 10.9. The highest BCUT2D eigenvalue weighted by Gasteiger charge is 2.03. The maximum Gasteiger partial charge on any atom is 0.349 e. The fourth-order valence-corrected chi connectivity index (χ4v) is 1.15. The topological polar surface area (TPSA) is 67.6 Å². The number of carbonyl (C=O) groups excluding carboxylic acids is 1. The molecular formula is C12H16N4O2. The Morgan fingerprint density at radius 3 is 2.72 bits per heavy atom. The zero-order valence-corrected chi connectivity index (χ0v) is 10.9. The molecular weight excluding hydrogens is 232 g/mol. The van der Waals surface area contributed by atoms with Crippen molar-refractivity contribution in [1.29, 1.82) is 0 Å². The molecule has 1 aromatic rings. The number of aliphatic imine (C=N–C) groups is 1. The molecule has 1 rings (SSSR count). The van der Waals surface area contributed by atoms with Gasteiger partial charge in [-0.05, 0) is 19.1 Å². The fraction of sp³-hybridized carbons (Fsp3) is 0.333. The van der Waals surface area contributed by atoms with E-state index in [2.05, 4.69) is 9.98 Å². The molecule has 0 bridgehead atoms. The Kier molecular flexibility index (Phi) is 4.53. The van der Waals surface area contributed by atoms with Crippen molar-refractivity contribution >= 4 is 24.0 Å². The summed E-state index contributed by atoms with van der Waals surface area (Å²) in [7, 11) is 5.23. The first-order chi connectivity index (χ1) is 8.40.